The second-order valence-electron chi connectivity index (χ2n) is 6.77. The summed E-state index contributed by atoms with van der Waals surface area (Å²) in [5, 5.41) is 14.5. The first-order chi connectivity index (χ1) is 12.5. The zero-order valence-corrected chi connectivity index (χ0v) is 15.5. The van der Waals surface area contributed by atoms with Crippen LogP contribution in [0.2, 0.25) is 0 Å². The van der Waals surface area contributed by atoms with E-state index in [2.05, 4.69) is 5.32 Å². The first kappa shape index (κ1) is 19.1. The number of anilines is 1. The number of rotatable bonds is 6. The van der Waals surface area contributed by atoms with Crippen molar-refractivity contribution in [2.75, 3.05) is 31.6 Å². The third kappa shape index (κ3) is 4.33. The van der Waals surface area contributed by atoms with Crippen LogP contribution in [-0.2, 0) is 14.8 Å². The highest BCUT2D eigenvalue weighted by Gasteiger charge is 2.28. The number of nitrogens with zero attached hydrogens (tertiary/aromatic N) is 2. The summed E-state index contributed by atoms with van der Waals surface area (Å²) in [6, 6.07) is 4.10. The maximum Gasteiger partial charge on any atom is 0.293 e. The summed E-state index contributed by atoms with van der Waals surface area (Å²) >= 11 is 0. The zero-order valence-electron chi connectivity index (χ0n) is 14.7. The SMILES string of the molecule is O=[N+]([O-])c1cc(S(=O)(=O)N2CCCCCC2)ccc1NCC1CCCO1. The normalized spacial score (nSPS) is 22.1. The van der Waals surface area contributed by atoms with E-state index in [1.165, 1.54) is 16.4 Å². The second kappa shape index (κ2) is 8.32. The molecule has 2 aliphatic heterocycles. The molecule has 0 bridgehead atoms. The van der Waals surface area contributed by atoms with Crippen molar-refractivity contribution in [1.29, 1.82) is 0 Å². The Morgan fingerprint density at radius 1 is 1.19 bits per heavy atom. The predicted molar refractivity (Wildman–Crippen MR) is 97.8 cm³/mol. The van der Waals surface area contributed by atoms with E-state index >= 15 is 0 Å². The van der Waals surface area contributed by atoms with E-state index in [0.29, 0.717) is 31.9 Å². The minimum absolute atomic E-state index is 0.0197. The number of nitro benzene ring substituents is 1. The van der Waals surface area contributed by atoms with Gasteiger partial charge in [-0.15, -0.1) is 0 Å². The van der Waals surface area contributed by atoms with Crippen molar-refractivity contribution < 1.29 is 18.1 Å². The average Bonchev–Trinajstić information content (AvgIpc) is 2.99. The van der Waals surface area contributed by atoms with E-state index in [-0.39, 0.29) is 16.7 Å². The minimum Gasteiger partial charge on any atom is -0.377 e. The Bertz CT molecular complexity index is 739. The number of sulfonamides is 1. The lowest BCUT2D eigenvalue weighted by molar-refractivity contribution is -0.384. The van der Waals surface area contributed by atoms with Gasteiger partial charge >= 0.3 is 0 Å². The van der Waals surface area contributed by atoms with E-state index in [0.717, 1.165) is 44.6 Å². The summed E-state index contributed by atoms with van der Waals surface area (Å²) in [5.74, 6) is 0. The van der Waals surface area contributed by atoms with Crippen LogP contribution < -0.4 is 5.32 Å². The average molecular weight is 383 g/mol. The lowest BCUT2D eigenvalue weighted by Crippen LogP contribution is -2.32. The molecule has 2 aliphatic rings. The van der Waals surface area contributed by atoms with Crippen LogP contribution in [0.15, 0.2) is 23.1 Å². The van der Waals surface area contributed by atoms with Gasteiger partial charge in [-0.25, -0.2) is 8.42 Å². The number of hydrogen-bond acceptors (Lipinski definition) is 6. The van der Waals surface area contributed by atoms with Gasteiger partial charge in [-0.2, -0.15) is 4.31 Å². The summed E-state index contributed by atoms with van der Waals surface area (Å²) in [7, 11) is -3.71. The molecule has 0 spiro atoms. The monoisotopic (exact) mass is 383 g/mol. The maximum atomic E-state index is 12.9. The highest BCUT2D eigenvalue weighted by Crippen LogP contribution is 2.30. The van der Waals surface area contributed by atoms with Gasteiger partial charge in [0.1, 0.15) is 5.69 Å². The molecule has 9 heteroatoms. The van der Waals surface area contributed by atoms with Crippen LogP contribution in [0.5, 0.6) is 0 Å². The van der Waals surface area contributed by atoms with E-state index < -0.39 is 14.9 Å². The summed E-state index contributed by atoms with van der Waals surface area (Å²) < 4.78 is 32.7. The molecule has 1 unspecified atom stereocenters. The first-order valence-electron chi connectivity index (χ1n) is 9.12. The number of hydrogen-bond donors (Lipinski definition) is 1. The fraction of sp³-hybridized carbons (Fsp3) is 0.647. The molecule has 1 aromatic rings. The van der Waals surface area contributed by atoms with Gasteiger partial charge in [0.05, 0.1) is 15.9 Å². The summed E-state index contributed by atoms with van der Waals surface area (Å²) in [6.45, 7) is 2.12. The van der Waals surface area contributed by atoms with Crippen molar-refractivity contribution in [3.63, 3.8) is 0 Å². The van der Waals surface area contributed by atoms with Gasteiger partial charge in [-0.3, -0.25) is 10.1 Å². The van der Waals surface area contributed by atoms with Crippen LogP contribution in [0.25, 0.3) is 0 Å². The molecule has 1 N–H and O–H groups in total. The molecule has 26 heavy (non-hydrogen) atoms. The van der Waals surface area contributed by atoms with Crippen molar-refractivity contribution in [2.24, 2.45) is 0 Å². The zero-order chi connectivity index (χ0) is 18.6. The lowest BCUT2D eigenvalue weighted by atomic mass is 10.2. The van der Waals surface area contributed by atoms with Gasteiger partial charge in [0.15, 0.2) is 0 Å². The molecule has 2 heterocycles. The molecule has 0 amide bonds. The lowest BCUT2D eigenvalue weighted by Gasteiger charge is -2.20. The predicted octanol–water partition coefficient (Wildman–Crippen LogP) is 2.75. The number of nitrogens with one attached hydrogen (secondary N) is 1. The molecule has 0 saturated carbocycles. The Labute approximate surface area is 153 Å². The molecule has 0 radical (unpaired) electrons. The van der Waals surface area contributed by atoms with E-state index in [4.69, 9.17) is 4.74 Å². The number of benzene rings is 1. The Hall–Kier alpha value is -1.71. The quantitative estimate of drug-likeness (QED) is 0.599. The van der Waals surface area contributed by atoms with Crippen molar-refractivity contribution in [1.82, 2.24) is 4.31 Å². The molecule has 1 atom stereocenters. The third-order valence-corrected chi connectivity index (χ3v) is 6.81. The molecule has 2 fully saturated rings. The Balaban J connectivity index is 1.81. The standard InChI is InChI=1S/C17H25N3O5S/c21-20(22)17-12-15(26(23,24)19-9-3-1-2-4-10-19)7-8-16(17)18-13-14-6-5-11-25-14/h7-8,12,14,18H,1-6,9-11,13H2. The van der Waals surface area contributed by atoms with E-state index in [9.17, 15) is 18.5 Å². The fourth-order valence-corrected chi connectivity index (χ4v) is 4.97. The largest absolute Gasteiger partial charge is 0.377 e. The smallest absolute Gasteiger partial charge is 0.293 e. The highest BCUT2D eigenvalue weighted by molar-refractivity contribution is 7.89. The highest BCUT2D eigenvalue weighted by atomic mass is 32.2. The van der Waals surface area contributed by atoms with Crippen molar-refractivity contribution in [3.8, 4) is 0 Å². The van der Waals surface area contributed by atoms with E-state index in [1.807, 2.05) is 0 Å². The van der Waals surface area contributed by atoms with Crippen LogP contribution in [0.1, 0.15) is 38.5 Å². The van der Waals surface area contributed by atoms with E-state index in [1.54, 1.807) is 0 Å². The Morgan fingerprint density at radius 3 is 2.54 bits per heavy atom. The van der Waals surface area contributed by atoms with Crippen LogP contribution in [0.3, 0.4) is 0 Å². The fourth-order valence-electron chi connectivity index (χ4n) is 3.43. The van der Waals surface area contributed by atoms with Gasteiger partial charge in [0.2, 0.25) is 10.0 Å². The van der Waals surface area contributed by atoms with Gasteiger partial charge in [-0.1, -0.05) is 12.8 Å². The van der Waals surface area contributed by atoms with Crippen molar-refractivity contribution in [2.45, 2.75) is 49.5 Å². The van der Waals surface area contributed by atoms with Crippen LogP contribution >= 0.6 is 0 Å². The third-order valence-electron chi connectivity index (χ3n) is 4.91. The molecular weight excluding hydrogens is 358 g/mol. The van der Waals surface area contributed by atoms with Crippen LogP contribution in [0.4, 0.5) is 11.4 Å². The topological polar surface area (TPSA) is 102 Å². The number of nitro groups is 1. The molecule has 8 nitrogen and oxygen atoms in total. The molecule has 144 valence electrons. The Kier molecular flexibility index (Phi) is 6.10. The van der Waals surface area contributed by atoms with Crippen molar-refractivity contribution in [3.05, 3.63) is 28.3 Å². The van der Waals surface area contributed by atoms with Crippen molar-refractivity contribution >= 4 is 21.4 Å². The van der Waals surface area contributed by atoms with Crippen LogP contribution in [0, 0.1) is 10.1 Å². The maximum absolute atomic E-state index is 12.9. The number of ether oxygens (including phenoxy) is 1. The van der Waals surface area contributed by atoms with Crippen LogP contribution in [-0.4, -0.2) is 50.0 Å². The molecule has 0 aliphatic carbocycles. The molecule has 1 aromatic carbocycles. The van der Waals surface area contributed by atoms with Gasteiger partial charge in [0, 0.05) is 32.3 Å². The molecule has 3 rings (SSSR count). The summed E-state index contributed by atoms with van der Waals surface area (Å²) in [5.41, 5.74) is 0.0965. The summed E-state index contributed by atoms with van der Waals surface area (Å²) in [4.78, 5) is 10.9. The first-order valence-corrected chi connectivity index (χ1v) is 10.6. The summed E-state index contributed by atoms with van der Waals surface area (Å²) in [6.07, 6.45) is 5.61. The van der Waals surface area contributed by atoms with Gasteiger partial charge < -0.3 is 10.1 Å². The molecule has 0 aromatic heterocycles. The minimum atomic E-state index is -3.71. The van der Waals surface area contributed by atoms with Gasteiger partial charge in [-0.05, 0) is 37.8 Å². The Morgan fingerprint density at radius 2 is 1.92 bits per heavy atom. The molecule has 2 saturated heterocycles. The second-order valence-corrected chi connectivity index (χ2v) is 8.71. The molecular formula is C17H25N3O5S. The van der Waals surface area contributed by atoms with Gasteiger partial charge in [0.25, 0.3) is 5.69 Å².